The van der Waals surface area contributed by atoms with E-state index in [0.717, 1.165) is 0 Å². The minimum Gasteiger partial charge on any atom is -0.324 e. The average molecular weight is 332 g/mol. The van der Waals surface area contributed by atoms with Crippen molar-refractivity contribution in [3.8, 4) is 17.9 Å². The van der Waals surface area contributed by atoms with Crippen LogP contribution in [-0.4, -0.2) is 37.4 Å². The second-order valence-corrected chi connectivity index (χ2v) is 6.65. The van der Waals surface area contributed by atoms with Gasteiger partial charge in [-0.25, -0.2) is 15.8 Å². The van der Waals surface area contributed by atoms with E-state index >= 15 is 0 Å². The third kappa shape index (κ3) is 13.0. The minimum absolute atomic E-state index is 1.35. The van der Waals surface area contributed by atoms with E-state index in [9.17, 15) is 0 Å². The van der Waals surface area contributed by atoms with E-state index in [2.05, 4.69) is 27.7 Å². The van der Waals surface area contributed by atoms with Gasteiger partial charge in [0.05, 0.1) is 26.2 Å². The molecule has 5 heteroatoms. The fourth-order valence-electron chi connectivity index (χ4n) is 2.75. The summed E-state index contributed by atoms with van der Waals surface area (Å²) in [5.74, 6) is 4.69. The number of rotatable bonds is 12. The molecule has 0 aromatic rings. The van der Waals surface area contributed by atoms with Crippen molar-refractivity contribution in [3.05, 3.63) is 0 Å². The molecule has 0 atom stereocenters. The first-order valence-corrected chi connectivity index (χ1v) is 9.82. The van der Waals surface area contributed by atoms with Crippen molar-refractivity contribution in [2.24, 2.45) is 0 Å². The molecule has 0 rings (SSSR count). The van der Waals surface area contributed by atoms with Crippen LogP contribution in [0.15, 0.2) is 0 Å². The number of hydrogen-bond donors (Lipinski definition) is 0. The lowest BCUT2D eigenvalue weighted by atomic mass is 9.55. The fourth-order valence-corrected chi connectivity index (χ4v) is 2.75. The van der Waals surface area contributed by atoms with Gasteiger partial charge in [-0.1, -0.05) is 53.4 Å². The van der Waals surface area contributed by atoms with Gasteiger partial charge < -0.3 is 4.48 Å². The molecule has 24 heavy (non-hydrogen) atoms. The summed E-state index contributed by atoms with van der Waals surface area (Å²) in [4.78, 5) is 0. The van der Waals surface area contributed by atoms with Crippen LogP contribution in [0.4, 0.5) is 0 Å². The largest absolute Gasteiger partial charge is 0.324 e. The monoisotopic (exact) mass is 332 g/mol. The highest BCUT2D eigenvalue weighted by atomic mass is 15.3. The zero-order valence-electron chi connectivity index (χ0n) is 16.5. The van der Waals surface area contributed by atoms with Crippen molar-refractivity contribution in [1.82, 2.24) is 0 Å². The van der Waals surface area contributed by atoms with Crippen molar-refractivity contribution in [3.63, 3.8) is 0 Å². The van der Waals surface area contributed by atoms with Crippen LogP contribution < -0.4 is 0 Å². The smallest absolute Gasteiger partial charge is 0.286 e. The Kier molecular flexibility index (Phi) is 18.4. The molecule has 0 fully saturated rings. The number of nitrogens with zero attached hydrogens (tertiary/aromatic N) is 4. The van der Waals surface area contributed by atoms with E-state index in [4.69, 9.17) is 15.8 Å². The van der Waals surface area contributed by atoms with Crippen LogP contribution in [0.25, 0.3) is 0 Å². The van der Waals surface area contributed by atoms with Gasteiger partial charge in [0.25, 0.3) is 6.71 Å². The van der Waals surface area contributed by atoms with Crippen molar-refractivity contribution >= 4 is 6.71 Å². The van der Waals surface area contributed by atoms with Crippen LogP contribution >= 0.6 is 0 Å². The van der Waals surface area contributed by atoms with Gasteiger partial charge in [0.15, 0.2) is 0 Å². The van der Waals surface area contributed by atoms with Crippen molar-refractivity contribution in [1.29, 1.82) is 15.8 Å². The molecule has 0 spiro atoms. The van der Waals surface area contributed by atoms with Crippen LogP contribution in [0, 0.1) is 33.7 Å². The van der Waals surface area contributed by atoms with Gasteiger partial charge in [-0.3, -0.25) is 0 Å². The lowest BCUT2D eigenvalue weighted by Crippen LogP contribution is -2.50. The first-order chi connectivity index (χ1) is 11.6. The predicted octanol–water partition coefficient (Wildman–Crippen LogP) is 4.41. The second-order valence-electron chi connectivity index (χ2n) is 6.65. The third-order valence-electron chi connectivity index (χ3n) is 4.42. The molecule has 0 aliphatic carbocycles. The quantitative estimate of drug-likeness (QED) is 0.393. The fraction of sp³-hybridized carbons (Fsp3) is 0.842. The van der Waals surface area contributed by atoms with Gasteiger partial charge in [-0.15, -0.1) is 17.9 Å². The molecule has 136 valence electrons. The SMILES string of the molecule is CCCC[N+](CCCC)(CCCC)CCCC.N#C[BH-](C#N)C#N. The van der Waals surface area contributed by atoms with Crippen LogP contribution in [0.3, 0.4) is 0 Å². The summed E-state index contributed by atoms with van der Waals surface area (Å²) < 4.78 is 1.42. The third-order valence-corrected chi connectivity index (χ3v) is 4.42. The molecule has 0 saturated carbocycles. The molecule has 0 heterocycles. The van der Waals surface area contributed by atoms with Crippen LogP contribution in [0.5, 0.6) is 0 Å². The summed E-state index contributed by atoms with van der Waals surface area (Å²) in [5.41, 5.74) is 0. The number of unbranched alkanes of at least 4 members (excludes halogenated alkanes) is 4. The maximum absolute atomic E-state index is 7.87. The maximum Gasteiger partial charge on any atom is 0.286 e. The van der Waals surface area contributed by atoms with Crippen LogP contribution in [0.2, 0.25) is 0 Å². The molecular formula is C19H37BN4. The topological polar surface area (TPSA) is 71.4 Å². The lowest BCUT2D eigenvalue weighted by Gasteiger charge is -2.39. The first-order valence-electron chi connectivity index (χ1n) is 9.82. The molecular weight excluding hydrogens is 295 g/mol. The molecule has 0 amide bonds. The highest BCUT2D eigenvalue weighted by molar-refractivity contribution is 6.81. The summed E-state index contributed by atoms with van der Waals surface area (Å²) in [7, 11) is 0. The van der Waals surface area contributed by atoms with Gasteiger partial charge in [-0.05, 0) is 25.7 Å². The second kappa shape index (κ2) is 17.8. The minimum atomic E-state index is -1.79. The van der Waals surface area contributed by atoms with E-state index in [1.807, 2.05) is 0 Å². The molecule has 0 aromatic heterocycles. The first kappa shape index (κ1) is 24.7. The summed E-state index contributed by atoms with van der Waals surface area (Å²) >= 11 is 0. The van der Waals surface area contributed by atoms with Crippen LogP contribution in [0.1, 0.15) is 79.1 Å². The van der Waals surface area contributed by atoms with Crippen LogP contribution in [-0.2, 0) is 0 Å². The molecule has 0 radical (unpaired) electrons. The lowest BCUT2D eigenvalue weighted by molar-refractivity contribution is -0.929. The predicted molar refractivity (Wildman–Crippen MR) is 103 cm³/mol. The Balaban J connectivity index is 0. The Labute approximate surface area is 150 Å². The molecule has 0 aliphatic rings. The molecule has 4 nitrogen and oxygen atoms in total. The standard InChI is InChI=1S/C16H36N.C3HBN3/c1-5-9-13-17(14-10-6-2,15-11-7-3)16-12-8-4;5-1-4(2-6)3-7/h5-16H2,1-4H3;4H/q+1;-1. The molecule has 0 bridgehead atoms. The maximum atomic E-state index is 7.87. The molecule has 0 N–H and O–H groups in total. The van der Waals surface area contributed by atoms with Crippen molar-refractivity contribution in [2.75, 3.05) is 26.2 Å². The van der Waals surface area contributed by atoms with E-state index in [1.165, 1.54) is 82.0 Å². The Hall–Kier alpha value is -1.51. The highest BCUT2D eigenvalue weighted by Crippen LogP contribution is 2.16. The van der Waals surface area contributed by atoms with E-state index in [1.54, 1.807) is 17.9 Å². The Bertz CT molecular complexity index is 332. The zero-order valence-corrected chi connectivity index (χ0v) is 16.5. The van der Waals surface area contributed by atoms with Gasteiger partial charge in [0.1, 0.15) is 0 Å². The number of nitriles is 3. The molecule has 0 saturated heterocycles. The number of hydrogen-bond acceptors (Lipinski definition) is 3. The van der Waals surface area contributed by atoms with E-state index < -0.39 is 6.71 Å². The molecule has 0 aliphatic heterocycles. The van der Waals surface area contributed by atoms with Crippen molar-refractivity contribution in [2.45, 2.75) is 79.1 Å². The van der Waals surface area contributed by atoms with Gasteiger partial charge in [0.2, 0.25) is 0 Å². The van der Waals surface area contributed by atoms with E-state index in [0.29, 0.717) is 0 Å². The Morgan fingerprint density at radius 3 is 0.958 bits per heavy atom. The van der Waals surface area contributed by atoms with Gasteiger partial charge >= 0.3 is 0 Å². The summed E-state index contributed by atoms with van der Waals surface area (Å²) in [6.07, 6.45) is 11.1. The zero-order chi connectivity index (χ0) is 18.7. The molecule has 0 unspecified atom stereocenters. The Morgan fingerprint density at radius 2 is 0.833 bits per heavy atom. The summed E-state index contributed by atoms with van der Waals surface area (Å²) in [6, 6.07) is 0. The normalized spacial score (nSPS) is 10.2. The summed E-state index contributed by atoms with van der Waals surface area (Å²) in [6.45, 7) is 13.2. The summed E-state index contributed by atoms with van der Waals surface area (Å²) in [5, 5.41) is 23.6. The van der Waals surface area contributed by atoms with Gasteiger partial charge in [0, 0.05) is 0 Å². The molecule has 0 aromatic carbocycles. The van der Waals surface area contributed by atoms with E-state index in [-0.39, 0.29) is 0 Å². The van der Waals surface area contributed by atoms with Gasteiger partial charge in [-0.2, -0.15) is 0 Å². The number of quaternary nitrogens is 1. The Morgan fingerprint density at radius 1 is 0.583 bits per heavy atom. The highest BCUT2D eigenvalue weighted by Gasteiger charge is 2.24. The average Bonchev–Trinajstić information content (AvgIpc) is 2.62. The van der Waals surface area contributed by atoms with Crippen molar-refractivity contribution < 1.29 is 4.48 Å².